The van der Waals surface area contributed by atoms with Crippen molar-refractivity contribution in [3.05, 3.63) is 24.3 Å². The lowest BCUT2D eigenvalue weighted by Gasteiger charge is -2.30. The molecule has 3 amide bonds. The van der Waals surface area contributed by atoms with Gasteiger partial charge in [-0.25, -0.2) is 13.2 Å². The van der Waals surface area contributed by atoms with Gasteiger partial charge in [0.2, 0.25) is 21.8 Å². The van der Waals surface area contributed by atoms with Crippen LogP contribution in [0.3, 0.4) is 0 Å². The number of ether oxygens (including phenoxy) is 2. The number of unbranched alkanes of at least 4 members (excludes halogenated alkanes) is 4. The summed E-state index contributed by atoms with van der Waals surface area (Å²) in [6, 6.07) is 5.47. The normalized spacial score (nSPS) is 22.4. The first-order valence-corrected chi connectivity index (χ1v) is 18.2. The topological polar surface area (TPSA) is 169 Å². The SMILES string of the molecule is CCOC(CC)NS(=O)(=O)c1ccccc1NCCCCCCC[C@H](NC(=O)OC1CCCC1)C(=O)N1CC2CC2C1C(N)=O. The molecule has 5 N–H and O–H groups in total. The standard InChI is InChI=1S/C32H51N5O7S/c1-3-28(43-4-2)36-45(41,42)27-18-12-11-16-25(27)34-19-13-7-5-6-8-17-26(35-32(40)44-23-14-9-10-15-23)31(39)37-21-22-20-24(22)29(37)30(33)38/h11-12,16,18,22-24,26,28-29,34,36H,3-10,13-15,17,19-21H2,1-2H3,(H2,33,38)(H,35,40)/t22?,24?,26-,28?,29?/m0/s1. The maximum Gasteiger partial charge on any atom is 0.408 e. The van der Waals surface area contributed by atoms with Gasteiger partial charge >= 0.3 is 6.09 Å². The first-order chi connectivity index (χ1) is 21.6. The summed E-state index contributed by atoms with van der Waals surface area (Å²) in [7, 11) is -3.76. The van der Waals surface area contributed by atoms with E-state index in [2.05, 4.69) is 15.4 Å². The van der Waals surface area contributed by atoms with Crippen molar-refractivity contribution in [2.75, 3.05) is 25.0 Å². The van der Waals surface area contributed by atoms with Gasteiger partial charge in [-0.3, -0.25) is 9.59 Å². The third kappa shape index (κ3) is 9.79. The van der Waals surface area contributed by atoms with E-state index in [4.69, 9.17) is 15.2 Å². The molecule has 4 unspecified atom stereocenters. The van der Waals surface area contributed by atoms with Crippen molar-refractivity contribution in [2.45, 2.75) is 120 Å². The number of nitrogens with zero attached hydrogens (tertiary/aromatic N) is 1. The summed E-state index contributed by atoms with van der Waals surface area (Å²) >= 11 is 0. The Hall–Kier alpha value is -2.90. The molecule has 0 aromatic heterocycles. The number of amides is 3. The van der Waals surface area contributed by atoms with E-state index in [0.29, 0.717) is 44.1 Å². The second-order valence-corrected chi connectivity index (χ2v) is 14.1. The number of nitrogens with one attached hydrogen (secondary N) is 3. The molecule has 1 aromatic rings. The molecule has 0 spiro atoms. The number of anilines is 1. The van der Waals surface area contributed by atoms with Crippen molar-refractivity contribution in [3.8, 4) is 0 Å². The van der Waals surface area contributed by atoms with E-state index in [9.17, 15) is 22.8 Å². The van der Waals surface area contributed by atoms with Crippen LogP contribution in [0.2, 0.25) is 0 Å². The lowest BCUT2D eigenvalue weighted by molar-refractivity contribution is -0.140. The van der Waals surface area contributed by atoms with Crippen molar-refractivity contribution < 1.29 is 32.3 Å². The third-order valence-electron chi connectivity index (χ3n) is 9.08. The van der Waals surface area contributed by atoms with E-state index >= 15 is 0 Å². The highest BCUT2D eigenvalue weighted by molar-refractivity contribution is 7.89. The molecule has 45 heavy (non-hydrogen) atoms. The number of likely N-dealkylation sites (tertiary alicyclic amines) is 1. The average Bonchev–Trinajstić information content (AvgIpc) is 3.38. The molecule has 5 atom stereocenters. The number of primary amides is 1. The van der Waals surface area contributed by atoms with Crippen LogP contribution in [0.15, 0.2) is 29.2 Å². The lowest BCUT2D eigenvalue weighted by atomic mass is 10.0. The van der Waals surface area contributed by atoms with Crippen molar-refractivity contribution in [3.63, 3.8) is 0 Å². The number of para-hydroxylation sites is 1. The molecule has 12 nitrogen and oxygen atoms in total. The number of hydrogen-bond acceptors (Lipinski definition) is 8. The first-order valence-electron chi connectivity index (χ1n) is 16.7. The molecule has 2 saturated carbocycles. The largest absolute Gasteiger partial charge is 0.446 e. The van der Waals surface area contributed by atoms with E-state index < -0.39 is 40.3 Å². The summed E-state index contributed by atoms with van der Waals surface area (Å²) in [6.45, 7) is 5.22. The Kier molecular flexibility index (Phi) is 12.9. The minimum Gasteiger partial charge on any atom is -0.446 e. The fraction of sp³-hybridized carbons (Fsp3) is 0.719. The molecule has 3 fully saturated rings. The quantitative estimate of drug-likeness (QED) is 0.129. The summed E-state index contributed by atoms with van der Waals surface area (Å²) in [6.07, 6.45) is 8.61. The molecular formula is C32H51N5O7S. The Bertz CT molecular complexity index is 1260. The zero-order chi connectivity index (χ0) is 32.4. The van der Waals surface area contributed by atoms with Gasteiger partial charge in [0.05, 0.1) is 5.69 Å². The van der Waals surface area contributed by atoms with Crippen LogP contribution in [-0.4, -0.2) is 75.3 Å². The Labute approximate surface area is 267 Å². The van der Waals surface area contributed by atoms with Gasteiger partial charge < -0.3 is 30.7 Å². The van der Waals surface area contributed by atoms with Crippen molar-refractivity contribution in [2.24, 2.45) is 17.6 Å². The van der Waals surface area contributed by atoms with Crippen LogP contribution in [0.4, 0.5) is 10.5 Å². The van der Waals surface area contributed by atoms with Gasteiger partial charge in [-0.05, 0) is 82.3 Å². The number of rotatable bonds is 19. The summed E-state index contributed by atoms with van der Waals surface area (Å²) in [4.78, 5) is 40.1. The molecule has 1 heterocycles. The number of nitrogens with two attached hydrogens (primary N) is 1. The van der Waals surface area contributed by atoms with E-state index in [1.54, 1.807) is 29.2 Å². The minimum atomic E-state index is -3.76. The molecule has 1 aliphatic heterocycles. The van der Waals surface area contributed by atoms with Crippen LogP contribution in [0.5, 0.6) is 0 Å². The average molecular weight is 650 g/mol. The van der Waals surface area contributed by atoms with Gasteiger partial charge in [0, 0.05) is 19.7 Å². The second-order valence-electron chi connectivity index (χ2n) is 12.5. The smallest absolute Gasteiger partial charge is 0.408 e. The Balaban J connectivity index is 1.22. The number of hydrogen-bond donors (Lipinski definition) is 4. The second kappa shape index (κ2) is 16.6. The van der Waals surface area contributed by atoms with Gasteiger partial charge in [-0.2, -0.15) is 4.72 Å². The zero-order valence-corrected chi connectivity index (χ0v) is 27.5. The van der Waals surface area contributed by atoms with Gasteiger partial charge in [-0.15, -0.1) is 0 Å². The predicted molar refractivity (Wildman–Crippen MR) is 171 cm³/mol. The van der Waals surface area contributed by atoms with Gasteiger partial charge in [0.15, 0.2) is 0 Å². The van der Waals surface area contributed by atoms with Gasteiger partial charge in [-0.1, -0.05) is 44.7 Å². The molecular weight excluding hydrogens is 598 g/mol. The fourth-order valence-corrected chi connectivity index (χ4v) is 7.99. The summed E-state index contributed by atoms with van der Waals surface area (Å²) < 4.78 is 39.7. The van der Waals surface area contributed by atoms with Crippen molar-refractivity contribution in [1.29, 1.82) is 0 Å². The minimum absolute atomic E-state index is 0.112. The maximum atomic E-state index is 13.5. The van der Waals surface area contributed by atoms with Crippen LogP contribution in [0.1, 0.15) is 90.9 Å². The fourth-order valence-electron chi connectivity index (χ4n) is 6.59. The molecule has 1 aromatic carbocycles. The number of benzene rings is 1. The molecule has 1 saturated heterocycles. The highest BCUT2D eigenvalue weighted by atomic mass is 32.2. The van der Waals surface area contributed by atoms with Gasteiger partial charge in [0.25, 0.3) is 0 Å². The predicted octanol–water partition coefficient (Wildman–Crippen LogP) is 3.86. The van der Waals surface area contributed by atoms with Crippen LogP contribution >= 0.6 is 0 Å². The summed E-state index contributed by atoms with van der Waals surface area (Å²) in [5.74, 6) is -0.287. The molecule has 3 aliphatic rings. The highest BCUT2D eigenvalue weighted by Gasteiger charge is 2.57. The van der Waals surface area contributed by atoms with E-state index in [-0.39, 0.29) is 22.8 Å². The van der Waals surface area contributed by atoms with Crippen molar-refractivity contribution >= 4 is 33.6 Å². The van der Waals surface area contributed by atoms with Crippen LogP contribution in [0.25, 0.3) is 0 Å². The Morgan fingerprint density at radius 2 is 1.76 bits per heavy atom. The number of fused-ring (bicyclic) bond motifs is 1. The molecule has 0 radical (unpaired) electrons. The molecule has 4 rings (SSSR count). The molecule has 252 valence electrons. The van der Waals surface area contributed by atoms with Crippen molar-refractivity contribution in [1.82, 2.24) is 14.9 Å². The van der Waals surface area contributed by atoms with Crippen LogP contribution in [0, 0.1) is 11.8 Å². The van der Waals surface area contributed by atoms with Gasteiger partial charge in [0.1, 0.15) is 29.3 Å². The van der Waals surface area contributed by atoms with E-state index in [1.807, 2.05) is 13.8 Å². The molecule has 13 heteroatoms. The lowest BCUT2D eigenvalue weighted by Crippen LogP contribution is -2.54. The first kappa shape index (κ1) is 35.0. The van der Waals surface area contributed by atoms with E-state index in [0.717, 1.165) is 64.2 Å². The zero-order valence-electron chi connectivity index (χ0n) is 26.7. The van der Waals surface area contributed by atoms with Crippen LogP contribution in [-0.2, 0) is 29.1 Å². The number of piperidine rings is 1. The molecule has 0 bridgehead atoms. The molecule has 2 aliphatic carbocycles. The maximum absolute atomic E-state index is 13.5. The number of carbonyl (C=O) groups excluding carboxylic acids is 3. The highest BCUT2D eigenvalue weighted by Crippen LogP contribution is 2.49. The number of sulfonamides is 1. The van der Waals surface area contributed by atoms with E-state index in [1.165, 1.54) is 0 Å². The van der Waals surface area contributed by atoms with Crippen LogP contribution < -0.4 is 21.1 Å². The Morgan fingerprint density at radius 1 is 1.04 bits per heavy atom. The monoisotopic (exact) mass is 649 g/mol. The Morgan fingerprint density at radius 3 is 2.47 bits per heavy atom. The summed E-state index contributed by atoms with van der Waals surface area (Å²) in [5, 5.41) is 6.06. The summed E-state index contributed by atoms with van der Waals surface area (Å²) in [5.41, 5.74) is 6.19. The number of alkyl carbamates (subject to hydrolysis) is 1. The third-order valence-corrected chi connectivity index (χ3v) is 10.6. The number of carbonyl (C=O) groups is 3.